The quantitative estimate of drug-likeness (QED) is 0.565. The van der Waals surface area contributed by atoms with Crippen molar-refractivity contribution in [1.82, 2.24) is 14.5 Å². The number of hydrogen-bond donors (Lipinski definition) is 0. The van der Waals surface area contributed by atoms with E-state index in [4.69, 9.17) is 4.98 Å². The predicted octanol–water partition coefficient (Wildman–Crippen LogP) is 4.29. The number of benzene rings is 2. The Labute approximate surface area is 133 Å². The normalized spacial score (nSPS) is 11.0. The molecule has 3 nitrogen and oxygen atoms in total. The van der Waals surface area contributed by atoms with E-state index in [1.54, 1.807) is 24.7 Å². The van der Waals surface area contributed by atoms with Crippen LogP contribution in [-0.2, 0) is 6.54 Å². The van der Waals surface area contributed by atoms with Gasteiger partial charge in [0.15, 0.2) is 0 Å². The van der Waals surface area contributed by atoms with Gasteiger partial charge in [-0.25, -0.2) is 9.37 Å². The van der Waals surface area contributed by atoms with Gasteiger partial charge < -0.3 is 4.57 Å². The summed E-state index contributed by atoms with van der Waals surface area (Å²) in [5, 5.41) is 1.07. The SMILES string of the molecule is Fc1ccc(-c2ccc3nc(Cn4ccnc4)ccc3c2)cc1. The third-order valence-electron chi connectivity index (χ3n) is 3.83. The van der Waals surface area contributed by atoms with Crippen molar-refractivity contribution in [1.29, 1.82) is 0 Å². The fraction of sp³-hybridized carbons (Fsp3) is 0.0526. The third kappa shape index (κ3) is 2.83. The van der Waals surface area contributed by atoms with E-state index in [-0.39, 0.29) is 5.82 Å². The van der Waals surface area contributed by atoms with Crippen molar-refractivity contribution in [2.24, 2.45) is 0 Å². The van der Waals surface area contributed by atoms with E-state index in [2.05, 4.69) is 17.1 Å². The zero-order chi connectivity index (χ0) is 15.6. The molecule has 0 bridgehead atoms. The second-order valence-corrected chi connectivity index (χ2v) is 5.45. The van der Waals surface area contributed by atoms with Gasteiger partial charge in [-0.05, 0) is 41.5 Å². The minimum atomic E-state index is -0.222. The van der Waals surface area contributed by atoms with Crippen molar-refractivity contribution in [2.75, 3.05) is 0 Å². The Kier molecular flexibility index (Phi) is 3.35. The van der Waals surface area contributed by atoms with Crippen LogP contribution < -0.4 is 0 Å². The smallest absolute Gasteiger partial charge is 0.123 e. The molecular formula is C19H14FN3. The van der Waals surface area contributed by atoms with Crippen LogP contribution in [0.4, 0.5) is 4.39 Å². The van der Waals surface area contributed by atoms with Gasteiger partial charge in [0.2, 0.25) is 0 Å². The van der Waals surface area contributed by atoms with Crippen LogP contribution >= 0.6 is 0 Å². The number of halogens is 1. The minimum Gasteiger partial charge on any atom is -0.331 e. The van der Waals surface area contributed by atoms with Gasteiger partial charge in [-0.15, -0.1) is 0 Å². The average Bonchev–Trinajstić information content (AvgIpc) is 3.08. The molecule has 0 saturated heterocycles. The molecule has 2 heterocycles. The molecule has 23 heavy (non-hydrogen) atoms. The van der Waals surface area contributed by atoms with Gasteiger partial charge >= 0.3 is 0 Å². The Balaban J connectivity index is 1.68. The summed E-state index contributed by atoms with van der Waals surface area (Å²) < 4.78 is 15.0. The highest BCUT2D eigenvalue weighted by atomic mass is 19.1. The number of fused-ring (bicyclic) bond motifs is 1. The average molecular weight is 303 g/mol. The number of rotatable bonds is 3. The van der Waals surface area contributed by atoms with E-state index in [9.17, 15) is 4.39 Å². The molecule has 4 rings (SSSR count). The zero-order valence-corrected chi connectivity index (χ0v) is 12.4. The number of imidazole rings is 1. The molecule has 0 aliphatic carbocycles. The first-order valence-corrected chi connectivity index (χ1v) is 7.39. The van der Waals surface area contributed by atoms with Crippen LogP contribution in [0.2, 0.25) is 0 Å². The largest absolute Gasteiger partial charge is 0.331 e. The Bertz CT molecular complexity index is 944. The van der Waals surface area contributed by atoms with Crippen LogP contribution in [0.5, 0.6) is 0 Å². The lowest BCUT2D eigenvalue weighted by Crippen LogP contribution is -1.99. The Morgan fingerprint density at radius 1 is 0.913 bits per heavy atom. The molecule has 0 spiro atoms. The van der Waals surface area contributed by atoms with Crippen molar-refractivity contribution in [3.8, 4) is 11.1 Å². The second kappa shape index (κ2) is 5.65. The highest BCUT2D eigenvalue weighted by Crippen LogP contribution is 2.24. The van der Waals surface area contributed by atoms with Crippen LogP contribution in [0, 0.1) is 5.82 Å². The number of aromatic nitrogens is 3. The molecule has 0 amide bonds. The van der Waals surface area contributed by atoms with Crippen LogP contribution in [0.25, 0.3) is 22.0 Å². The molecule has 0 radical (unpaired) electrons. The highest BCUT2D eigenvalue weighted by molar-refractivity contribution is 5.84. The highest BCUT2D eigenvalue weighted by Gasteiger charge is 2.03. The summed E-state index contributed by atoms with van der Waals surface area (Å²) in [7, 11) is 0. The maximum absolute atomic E-state index is 13.0. The summed E-state index contributed by atoms with van der Waals surface area (Å²) in [6, 6.07) is 16.7. The molecule has 2 aromatic heterocycles. The van der Waals surface area contributed by atoms with E-state index < -0.39 is 0 Å². The van der Waals surface area contributed by atoms with E-state index in [0.29, 0.717) is 6.54 Å². The van der Waals surface area contributed by atoms with Crippen molar-refractivity contribution < 1.29 is 4.39 Å². The van der Waals surface area contributed by atoms with Crippen molar-refractivity contribution >= 4 is 10.9 Å². The van der Waals surface area contributed by atoms with Gasteiger partial charge in [0.25, 0.3) is 0 Å². The lowest BCUT2D eigenvalue weighted by atomic mass is 10.0. The fourth-order valence-corrected chi connectivity index (χ4v) is 2.65. The van der Waals surface area contributed by atoms with E-state index in [1.165, 1.54) is 12.1 Å². The predicted molar refractivity (Wildman–Crippen MR) is 88.5 cm³/mol. The lowest BCUT2D eigenvalue weighted by Gasteiger charge is -2.06. The van der Waals surface area contributed by atoms with E-state index >= 15 is 0 Å². The van der Waals surface area contributed by atoms with E-state index in [0.717, 1.165) is 27.7 Å². The van der Waals surface area contributed by atoms with Gasteiger partial charge in [-0.1, -0.05) is 24.3 Å². The third-order valence-corrected chi connectivity index (χ3v) is 3.83. The Morgan fingerprint density at radius 2 is 1.74 bits per heavy atom. The van der Waals surface area contributed by atoms with Crippen molar-refractivity contribution in [3.05, 3.63) is 84.8 Å². The summed E-state index contributed by atoms with van der Waals surface area (Å²) >= 11 is 0. The molecule has 0 aliphatic rings. The first-order chi connectivity index (χ1) is 11.3. The molecule has 0 N–H and O–H groups in total. The molecule has 0 aliphatic heterocycles. The summed E-state index contributed by atoms with van der Waals surface area (Å²) in [5.41, 5.74) is 4.00. The van der Waals surface area contributed by atoms with Crippen LogP contribution in [-0.4, -0.2) is 14.5 Å². The fourth-order valence-electron chi connectivity index (χ4n) is 2.65. The molecule has 0 atom stereocenters. The van der Waals surface area contributed by atoms with Crippen LogP contribution in [0.3, 0.4) is 0 Å². The van der Waals surface area contributed by atoms with Crippen LogP contribution in [0.1, 0.15) is 5.69 Å². The number of pyridine rings is 1. The maximum Gasteiger partial charge on any atom is 0.123 e. The molecule has 2 aromatic carbocycles. The summed E-state index contributed by atoms with van der Waals surface area (Å²) in [6.07, 6.45) is 5.46. The van der Waals surface area contributed by atoms with Crippen molar-refractivity contribution in [3.63, 3.8) is 0 Å². The topological polar surface area (TPSA) is 30.7 Å². The van der Waals surface area contributed by atoms with Gasteiger partial charge in [0, 0.05) is 17.8 Å². The molecule has 112 valence electrons. The monoisotopic (exact) mass is 303 g/mol. The number of nitrogens with zero attached hydrogens (tertiary/aromatic N) is 3. The van der Waals surface area contributed by atoms with Gasteiger partial charge in [0.05, 0.1) is 24.1 Å². The molecule has 4 aromatic rings. The van der Waals surface area contributed by atoms with Gasteiger partial charge in [-0.2, -0.15) is 0 Å². The first kappa shape index (κ1) is 13.6. The van der Waals surface area contributed by atoms with Crippen molar-refractivity contribution in [2.45, 2.75) is 6.54 Å². The zero-order valence-electron chi connectivity index (χ0n) is 12.4. The second-order valence-electron chi connectivity index (χ2n) is 5.45. The molecule has 0 fully saturated rings. The van der Waals surface area contributed by atoms with Gasteiger partial charge in [0.1, 0.15) is 5.82 Å². The molecule has 0 saturated carbocycles. The summed E-state index contributed by atoms with van der Waals surface area (Å²) in [4.78, 5) is 8.73. The maximum atomic E-state index is 13.0. The lowest BCUT2D eigenvalue weighted by molar-refractivity contribution is 0.628. The Morgan fingerprint density at radius 3 is 2.52 bits per heavy atom. The van der Waals surface area contributed by atoms with Gasteiger partial charge in [-0.3, -0.25) is 4.98 Å². The molecule has 0 unspecified atom stereocenters. The minimum absolute atomic E-state index is 0.222. The van der Waals surface area contributed by atoms with Crippen LogP contribution in [0.15, 0.2) is 73.3 Å². The molecular weight excluding hydrogens is 289 g/mol. The molecule has 4 heteroatoms. The Hall–Kier alpha value is -3.01. The standard InChI is InChI=1S/C19H14FN3/c20-17-5-1-14(2-6-17)15-4-8-19-16(11-15)3-7-18(22-19)12-23-10-9-21-13-23/h1-11,13H,12H2. The summed E-state index contributed by atoms with van der Waals surface area (Å²) in [5.74, 6) is -0.222. The first-order valence-electron chi connectivity index (χ1n) is 7.39. The number of hydrogen-bond acceptors (Lipinski definition) is 2. The van der Waals surface area contributed by atoms with E-state index in [1.807, 2.05) is 29.0 Å². The summed E-state index contributed by atoms with van der Waals surface area (Å²) in [6.45, 7) is 0.704.